The largest absolute Gasteiger partial charge is 0.343 e. The number of carbonyl (C=O) groups excluding carboxylic acids is 2. The number of fused-ring (bicyclic) bond motifs is 3. The Bertz CT molecular complexity index is 382. The summed E-state index contributed by atoms with van der Waals surface area (Å²) in [5, 5.41) is 0. The van der Waals surface area contributed by atoms with Crippen molar-refractivity contribution in [2.45, 2.75) is 51.0 Å². The summed E-state index contributed by atoms with van der Waals surface area (Å²) in [6, 6.07) is 0. The topological polar surface area (TPSA) is 80.3 Å². The lowest BCUT2D eigenvalue weighted by Crippen LogP contribution is -2.48. The number of Topliss-reactive ketones (excluding diaryl/α,β-unsaturated/α-hetero) is 2. The van der Waals surface area contributed by atoms with Gasteiger partial charge in [0.2, 0.25) is 12.6 Å². The van der Waals surface area contributed by atoms with Crippen LogP contribution in [0.15, 0.2) is 0 Å². The van der Waals surface area contributed by atoms with Gasteiger partial charge in [0.25, 0.3) is 0 Å². The number of hydrogen-bond acceptors (Lipinski definition) is 7. The van der Waals surface area contributed by atoms with Crippen LogP contribution < -0.4 is 0 Å². The van der Waals surface area contributed by atoms with Gasteiger partial charge >= 0.3 is 0 Å². The second-order valence-corrected chi connectivity index (χ2v) is 4.60. The molecule has 0 radical (unpaired) electrons. The van der Waals surface area contributed by atoms with Crippen molar-refractivity contribution >= 4 is 11.6 Å². The molecule has 0 aliphatic carbocycles. The SMILES string of the molecule is CC(=O)C1OCC2OC3OC(C(C)=O)OC3C2O1. The molecule has 0 bridgehead atoms. The highest BCUT2D eigenvalue weighted by Gasteiger charge is 2.56. The Morgan fingerprint density at radius 2 is 1.56 bits per heavy atom. The summed E-state index contributed by atoms with van der Waals surface area (Å²) in [6.07, 6.45) is -3.71. The predicted molar refractivity (Wildman–Crippen MR) is 54.4 cm³/mol. The number of carbonyl (C=O) groups is 2. The molecule has 3 rings (SSSR count). The van der Waals surface area contributed by atoms with Crippen molar-refractivity contribution in [3.8, 4) is 0 Å². The van der Waals surface area contributed by atoms with Crippen LogP contribution in [0.5, 0.6) is 0 Å². The van der Waals surface area contributed by atoms with Gasteiger partial charge in [-0.15, -0.1) is 0 Å². The maximum Gasteiger partial charge on any atom is 0.220 e. The van der Waals surface area contributed by atoms with Gasteiger partial charge in [0.05, 0.1) is 6.61 Å². The zero-order valence-corrected chi connectivity index (χ0v) is 10.0. The van der Waals surface area contributed by atoms with Crippen molar-refractivity contribution in [2.24, 2.45) is 0 Å². The van der Waals surface area contributed by atoms with Crippen molar-refractivity contribution in [1.29, 1.82) is 0 Å². The number of hydrogen-bond donors (Lipinski definition) is 0. The van der Waals surface area contributed by atoms with Crippen LogP contribution in [0.4, 0.5) is 0 Å². The van der Waals surface area contributed by atoms with Gasteiger partial charge in [-0.25, -0.2) is 0 Å². The summed E-state index contributed by atoms with van der Waals surface area (Å²) in [6.45, 7) is 3.02. The van der Waals surface area contributed by atoms with Crippen LogP contribution >= 0.6 is 0 Å². The summed E-state index contributed by atoms with van der Waals surface area (Å²) in [5.74, 6) is -0.432. The van der Waals surface area contributed by atoms with E-state index in [1.165, 1.54) is 13.8 Å². The molecule has 3 heterocycles. The third-order valence-corrected chi connectivity index (χ3v) is 3.16. The first-order valence-electron chi connectivity index (χ1n) is 5.80. The van der Waals surface area contributed by atoms with E-state index in [0.717, 1.165) is 0 Å². The van der Waals surface area contributed by atoms with E-state index in [4.69, 9.17) is 23.7 Å². The molecule has 0 saturated carbocycles. The number of ether oxygens (including phenoxy) is 5. The lowest BCUT2D eigenvalue weighted by molar-refractivity contribution is -0.258. The Balaban J connectivity index is 1.71. The Morgan fingerprint density at radius 1 is 0.889 bits per heavy atom. The molecule has 18 heavy (non-hydrogen) atoms. The van der Waals surface area contributed by atoms with Crippen LogP contribution in [0, 0.1) is 0 Å². The van der Waals surface area contributed by atoms with E-state index >= 15 is 0 Å². The molecule has 6 atom stereocenters. The third kappa shape index (κ3) is 1.88. The molecular weight excluding hydrogens is 244 g/mol. The van der Waals surface area contributed by atoms with E-state index in [9.17, 15) is 9.59 Å². The fourth-order valence-corrected chi connectivity index (χ4v) is 2.31. The molecule has 3 aliphatic heterocycles. The van der Waals surface area contributed by atoms with Crippen molar-refractivity contribution in [3.05, 3.63) is 0 Å². The number of rotatable bonds is 2. The molecule has 0 spiro atoms. The van der Waals surface area contributed by atoms with Gasteiger partial charge in [-0.3, -0.25) is 9.59 Å². The standard InChI is InChI=1S/C11H14O7/c1-4(12)9-14-3-6-7(16-9)8-11(15-6)18-10(17-8)5(2)13/h6-11H,3H2,1-2H3. The molecule has 0 N–H and O–H groups in total. The van der Waals surface area contributed by atoms with Crippen molar-refractivity contribution in [1.82, 2.24) is 0 Å². The average Bonchev–Trinajstić information content (AvgIpc) is 2.84. The van der Waals surface area contributed by atoms with E-state index in [1.807, 2.05) is 0 Å². The predicted octanol–water partition coefficient (Wildman–Crippen LogP) is -0.628. The molecule has 6 unspecified atom stereocenters. The fraction of sp³-hybridized carbons (Fsp3) is 0.818. The Labute approximate surface area is 103 Å². The number of ketones is 2. The van der Waals surface area contributed by atoms with Crippen molar-refractivity contribution < 1.29 is 33.3 Å². The molecule has 7 nitrogen and oxygen atoms in total. The van der Waals surface area contributed by atoms with E-state index in [2.05, 4.69) is 0 Å². The van der Waals surface area contributed by atoms with Crippen LogP contribution in [-0.4, -0.2) is 55.4 Å². The summed E-state index contributed by atoms with van der Waals surface area (Å²) in [5.41, 5.74) is 0. The minimum atomic E-state index is -0.914. The molecule has 3 saturated heterocycles. The van der Waals surface area contributed by atoms with E-state index < -0.39 is 31.1 Å². The monoisotopic (exact) mass is 258 g/mol. The van der Waals surface area contributed by atoms with Gasteiger partial charge in [0.1, 0.15) is 18.3 Å². The van der Waals surface area contributed by atoms with E-state index in [-0.39, 0.29) is 24.3 Å². The molecule has 0 aromatic heterocycles. The van der Waals surface area contributed by atoms with Crippen LogP contribution in [0.25, 0.3) is 0 Å². The first kappa shape index (κ1) is 12.2. The summed E-state index contributed by atoms with van der Waals surface area (Å²) in [4.78, 5) is 22.4. The summed E-state index contributed by atoms with van der Waals surface area (Å²) >= 11 is 0. The van der Waals surface area contributed by atoms with Gasteiger partial charge in [0, 0.05) is 0 Å². The quantitative estimate of drug-likeness (QED) is 0.652. The van der Waals surface area contributed by atoms with Crippen LogP contribution in [0.3, 0.4) is 0 Å². The molecule has 7 heteroatoms. The second-order valence-electron chi connectivity index (χ2n) is 4.60. The smallest absolute Gasteiger partial charge is 0.220 e. The first-order chi connectivity index (χ1) is 8.56. The molecule has 0 aromatic carbocycles. The van der Waals surface area contributed by atoms with Crippen LogP contribution in [-0.2, 0) is 33.3 Å². The molecule has 3 aliphatic rings. The minimum absolute atomic E-state index is 0.209. The molecule has 0 aromatic rings. The Hall–Kier alpha value is -0.860. The van der Waals surface area contributed by atoms with Crippen molar-refractivity contribution in [3.63, 3.8) is 0 Å². The highest BCUT2D eigenvalue weighted by molar-refractivity contribution is 5.79. The zero-order valence-electron chi connectivity index (χ0n) is 10.0. The maximum atomic E-state index is 11.2. The maximum absolute atomic E-state index is 11.2. The zero-order chi connectivity index (χ0) is 12.9. The first-order valence-corrected chi connectivity index (χ1v) is 5.80. The average molecular weight is 258 g/mol. The summed E-state index contributed by atoms with van der Waals surface area (Å²) in [7, 11) is 0. The Morgan fingerprint density at radius 3 is 2.22 bits per heavy atom. The molecule has 3 fully saturated rings. The molecule has 100 valence electrons. The van der Waals surface area contributed by atoms with Gasteiger partial charge in [-0.2, -0.15) is 0 Å². The van der Waals surface area contributed by atoms with Gasteiger partial charge in [-0.1, -0.05) is 0 Å². The lowest BCUT2D eigenvalue weighted by atomic mass is 10.1. The third-order valence-electron chi connectivity index (χ3n) is 3.16. The van der Waals surface area contributed by atoms with Crippen LogP contribution in [0.2, 0.25) is 0 Å². The van der Waals surface area contributed by atoms with Crippen LogP contribution in [0.1, 0.15) is 13.8 Å². The Kier molecular flexibility index (Phi) is 2.95. The van der Waals surface area contributed by atoms with Gasteiger partial charge in [0.15, 0.2) is 17.9 Å². The molecule has 0 amide bonds. The van der Waals surface area contributed by atoms with Crippen molar-refractivity contribution in [2.75, 3.05) is 6.61 Å². The fourth-order valence-electron chi connectivity index (χ4n) is 2.31. The van der Waals surface area contributed by atoms with Gasteiger partial charge in [-0.05, 0) is 13.8 Å². The highest BCUT2D eigenvalue weighted by Crippen LogP contribution is 2.37. The molecular formula is C11H14O7. The lowest BCUT2D eigenvalue weighted by Gasteiger charge is -2.31. The highest BCUT2D eigenvalue weighted by atomic mass is 16.8. The van der Waals surface area contributed by atoms with E-state index in [1.54, 1.807) is 0 Å². The normalized spacial score (nSPS) is 46.6. The summed E-state index contributed by atoms with van der Waals surface area (Å²) < 4.78 is 27.0. The van der Waals surface area contributed by atoms with E-state index in [0.29, 0.717) is 0 Å². The minimum Gasteiger partial charge on any atom is -0.343 e. The second kappa shape index (κ2) is 4.36. The van der Waals surface area contributed by atoms with Gasteiger partial charge < -0.3 is 23.7 Å².